The predicted octanol–water partition coefficient (Wildman–Crippen LogP) is 3.52. The fourth-order valence-corrected chi connectivity index (χ4v) is 2.71. The summed E-state index contributed by atoms with van der Waals surface area (Å²) in [6.45, 7) is 6.32. The summed E-state index contributed by atoms with van der Waals surface area (Å²) in [7, 11) is 0. The first kappa shape index (κ1) is 14.4. The zero-order valence-corrected chi connectivity index (χ0v) is 13.0. The fraction of sp³-hybridized carbons (Fsp3) is 0.278. The van der Waals surface area contributed by atoms with E-state index in [2.05, 4.69) is 37.4 Å². The topological polar surface area (TPSA) is 47.6 Å². The van der Waals surface area contributed by atoms with Gasteiger partial charge in [0, 0.05) is 5.56 Å². The molecule has 0 aliphatic carbocycles. The Balaban J connectivity index is 1.76. The van der Waals surface area contributed by atoms with Crippen LogP contribution in [0.3, 0.4) is 0 Å². The van der Waals surface area contributed by atoms with E-state index in [1.807, 2.05) is 6.92 Å². The van der Waals surface area contributed by atoms with Gasteiger partial charge in [0.2, 0.25) is 6.79 Å². The molecule has 1 amide bonds. The van der Waals surface area contributed by atoms with E-state index in [0.717, 1.165) is 5.56 Å². The van der Waals surface area contributed by atoms with E-state index >= 15 is 0 Å². The first-order valence-corrected chi connectivity index (χ1v) is 7.32. The molecule has 1 N–H and O–H groups in total. The zero-order valence-electron chi connectivity index (χ0n) is 13.0. The molecular formula is C18H19NO3. The van der Waals surface area contributed by atoms with E-state index < -0.39 is 0 Å². The average molecular weight is 297 g/mol. The number of aryl methyl sites for hydroxylation is 2. The van der Waals surface area contributed by atoms with Crippen LogP contribution in [0, 0.1) is 13.8 Å². The Morgan fingerprint density at radius 3 is 2.64 bits per heavy atom. The Morgan fingerprint density at radius 1 is 1.09 bits per heavy atom. The van der Waals surface area contributed by atoms with Crippen molar-refractivity contribution in [3.63, 3.8) is 0 Å². The number of ether oxygens (including phenoxy) is 2. The number of rotatable bonds is 3. The standard InChI is InChI=1S/C18H19NO3/c1-11-4-6-15(12(2)8-11)13(3)19-18(20)14-5-7-16-17(9-14)22-10-21-16/h4-9,13H,10H2,1-3H3,(H,19,20)/t13-/m0/s1. The molecular weight excluding hydrogens is 278 g/mol. The van der Waals surface area contributed by atoms with Crippen molar-refractivity contribution in [1.29, 1.82) is 0 Å². The van der Waals surface area contributed by atoms with Crippen molar-refractivity contribution in [2.75, 3.05) is 6.79 Å². The van der Waals surface area contributed by atoms with Crippen LogP contribution in [0.4, 0.5) is 0 Å². The normalized spacial score (nSPS) is 13.8. The summed E-state index contributed by atoms with van der Waals surface area (Å²) in [5, 5.41) is 3.03. The summed E-state index contributed by atoms with van der Waals surface area (Å²) in [5.41, 5.74) is 4.09. The third-order valence-electron chi connectivity index (χ3n) is 3.87. The van der Waals surface area contributed by atoms with Gasteiger partial charge in [-0.2, -0.15) is 0 Å². The van der Waals surface area contributed by atoms with Crippen molar-refractivity contribution < 1.29 is 14.3 Å². The highest BCUT2D eigenvalue weighted by Crippen LogP contribution is 2.32. The van der Waals surface area contributed by atoms with Crippen molar-refractivity contribution in [2.45, 2.75) is 26.8 Å². The van der Waals surface area contributed by atoms with Gasteiger partial charge in [-0.25, -0.2) is 0 Å². The number of carbonyl (C=O) groups excluding carboxylic acids is 1. The highest BCUT2D eigenvalue weighted by Gasteiger charge is 2.18. The van der Waals surface area contributed by atoms with Crippen molar-refractivity contribution in [2.24, 2.45) is 0 Å². The van der Waals surface area contributed by atoms with E-state index in [0.29, 0.717) is 17.1 Å². The Kier molecular flexibility index (Phi) is 3.75. The molecule has 1 heterocycles. The molecule has 0 spiro atoms. The lowest BCUT2D eigenvalue weighted by Gasteiger charge is -2.17. The molecule has 3 rings (SSSR count). The number of hydrogen-bond donors (Lipinski definition) is 1. The SMILES string of the molecule is Cc1ccc([C@H](C)NC(=O)c2ccc3c(c2)OCO3)c(C)c1. The zero-order chi connectivity index (χ0) is 15.7. The van der Waals surface area contributed by atoms with Gasteiger partial charge < -0.3 is 14.8 Å². The Morgan fingerprint density at radius 2 is 1.86 bits per heavy atom. The molecule has 0 radical (unpaired) electrons. The van der Waals surface area contributed by atoms with Gasteiger partial charge in [0.1, 0.15) is 0 Å². The molecule has 2 aromatic carbocycles. The van der Waals surface area contributed by atoms with Gasteiger partial charge in [0.05, 0.1) is 6.04 Å². The van der Waals surface area contributed by atoms with E-state index in [9.17, 15) is 4.79 Å². The maximum Gasteiger partial charge on any atom is 0.251 e. The van der Waals surface area contributed by atoms with Gasteiger partial charge in [0.25, 0.3) is 5.91 Å². The molecule has 114 valence electrons. The lowest BCUT2D eigenvalue weighted by molar-refractivity contribution is 0.0939. The van der Waals surface area contributed by atoms with Gasteiger partial charge in [0.15, 0.2) is 11.5 Å². The van der Waals surface area contributed by atoms with Crippen molar-refractivity contribution in [3.05, 3.63) is 58.7 Å². The second-order valence-electron chi connectivity index (χ2n) is 5.62. The van der Waals surface area contributed by atoms with Gasteiger partial charge in [-0.3, -0.25) is 4.79 Å². The van der Waals surface area contributed by atoms with E-state index in [1.54, 1.807) is 18.2 Å². The predicted molar refractivity (Wildman–Crippen MR) is 84.4 cm³/mol. The van der Waals surface area contributed by atoms with E-state index in [4.69, 9.17) is 9.47 Å². The van der Waals surface area contributed by atoms with Crippen LogP contribution in [0.1, 0.15) is 40.0 Å². The Hall–Kier alpha value is -2.49. The summed E-state index contributed by atoms with van der Waals surface area (Å²) in [6, 6.07) is 11.4. The van der Waals surface area contributed by atoms with Crippen molar-refractivity contribution >= 4 is 5.91 Å². The van der Waals surface area contributed by atoms with Crippen LogP contribution in [-0.2, 0) is 0 Å². The molecule has 1 atom stereocenters. The molecule has 1 aliphatic heterocycles. The number of nitrogens with one attached hydrogen (secondary N) is 1. The molecule has 0 aromatic heterocycles. The summed E-state index contributed by atoms with van der Waals surface area (Å²) in [6.07, 6.45) is 0. The van der Waals surface area contributed by atoms with Gasteiger partial charge in [-0.05, 0) is 50.1 Å². The van der Waals surface area contributed by atoms with Gasteiger partial charge in [-0.1, -0.05) is 23.8 Å². The quantitative estimate of drug-likeness (QED) is 0.943. The number of hydrogen-bond acceptors (Lipinski definition) is 3. The highest BCUT2D eigenvalue weighted by molar-refractivity contribution is 5.95. The Labute approximate surface area is 130 Å². The molecule has 0 fully saturated rings. The average Bonchev–Trinajstić information content (AvgIpc) is 2.94. The Bertz CT molecular complexity index is 724. The number of carbonyl (C=O) groups is 1. The summed E-state index contributed by atoms with van der Waals surface area (Å²) >= 11 is 0. The summed E-state index contributed by atoms with van der Waals surface area (Å²) in [4.78, 5) is 12.4. The molecule has 22 heavy (non-hydrogen) atoms. The number of amides is 1. The second-order valence-corrected chi connectivity index (χ2v) is 5.62. The molecule has 0 saturated heterocycles. The first-order chi connectivity index (χ1) is 10.5. The van der Waals surface area contributed by atoms with Crippen LogP contribution in [0.15, 0.2) is 36.4 Å². The van der Waals surface area contributed by atoms with Crippen molar-refractivity contribution in [1.82, 2.24) is 5.32 Å². The second kappa shape index (κ2) is 5.72. The van der Waals surface area contributed by atoms with E-state index in [-0.39, 0.29) is 18.7 Å². The number of fused-ring (bicyclic) bond motifs is 1. The lowest BCUT2D eigenvalue weighted by atomic mass is 10.00. The minimum absolute atomic E-state index is 0.0569. The largest absolute Gasteiger partial charge is 0.454 e. The first-order valence-electron chi connectivity index (χ1n) is 7.32. The van der Waals surface area contributed by atoms with E-state index in [1.165, 1.54) is 11.1 Å². The van der Waals surface area contributed by atoms with Crippen LogP contribution in [0.2, 0.25) is 0 Å². The summed E-state index contributed by atoms with van der Waals surface area (Å²) in [5.74, 6) is 1.18. The minimum atomic E-state index is -0.120. The van der Waals surface area contributed by atoms with Crippen molar-refractivity contribution in [3.8, 4) is 11.5 Å². The molecule has 0 saturated carbocycles. The van der Waals surface area contributed by atoms with Crippen LogP contribution in [0.5, 0.6) is 11.5 Å². The molecule has 2 aromatic rings. The fourth-order valence-electron chi connectivity index (χ4n) is 2.71. The maximum absolute atomic E-state index is 12.4. The minimum Gasteiger partial charge on any atom is -0.454 e. The molecule has 4 heteroatoms. The molecule has 4 nitrogen and oxygen atoms in total. The van der Waals surface area contributed by atoms with Crippen LogP contribution >= 0.6 is 0 Å². The maximum atomic E-state index is 12.4. The molecule has 0 bridgehead atoms. The third kappa shape index (κ3) is 2.77. The van der Waals surface area contributed by atoms with Crippen LogP contribution < -0.4 is 14.8 Å². The summed E-state index contributed by atoms with van der Waals surface area (Å²) < 4.78 is 10.6. The van der Waals surface area contributed by atoms with Gasteiger partial charge in [-0.15, -0.1) is 0 Å². The lowest BCUT2D eigenvalue weighted by Crippen LogP contribution is -2.27. The highest BCUT2D eigenvalue weighted by atomic mass is 16.7. The van der Waals surface area contributed by atoms with Crippen LogP contribution in [0.25, 0.3) is 0 Å². The van der Waals surface area contributed by atoms with Crippen LogP contribution in [-0.4, -0.2) is 12.7 Å². The number of benzene rings is 2. The third-order valence-corrected chi connectivity index (χ3v) is 3.87. The van der Waals surface area contributed by atoms with Gasteiger partial charge >= 0.3 is 0 Å². The smallest absolute Gasteiger partial charge is 0.251 e. The monoisotopic (exact) mass is 297 g/mol. The molecule has 1 aliphatic rings. The molecule has 0 unspecified atom stereocenters.